The molecule has 3 atom stereocenters. The lowest BCUT2D eigenvalue weighted by Gasteiger charge is -2.32. The van der Waals surface area contributed by atoms with Crippen LogP contribution in [0.4, 0.5) is 0 Å². The summed E-state index contributed by atoms with van der Waals surface area (Å²) in [4.78, 5) is 36.8. The van der Waals surface area contributed by atoms with Gasteiger partial charge in [0.1, 0.15) is 11.3 Å². The second kappa shape index (κ2) is 8.31. The van der Waals surface area contributed by atoms with Crippen LogP contribution in [0.1, 0.15) is 29.9 Å². The average Bonchev–Trinajstić information content (AvgIpc) is 3.40. The molecule has 0 spiro atoms. The van der Waals surface area contributed by atoms with E-state index in [0.29, 0.717) is 35.8 Å². The SMILES string of the molecule is COc1cccc2c1CC[C@H]1CNC(CCn3c(=O)[nH]c4c(oc5nccnc54)c3=O)[C@@H]21.Cl. The number of nitrogens with zero attached hydrogens (tertiary/aromatic N) is 3. The van der Waals surface area contributed by atoms with Gasteiger partial charge in [0.2, 0.25) is 11.3 Å². The number of fused-ring (bicyclic) bond motifs is 6. The molecule has 2 aliphatic rings. The van der Waals surface area contributed by atoms with Crippen LogP contribution in [0.5, 0.6) is 5.75 Å². The van der Waals surface area contributed by atoms with Gasteiger partial charge in [0.05, 0.1) is 7.11 Å². The molecule has 6 rings (SSSR count). The van der Waals surface area contributed by atoms with E-state index in [0.717, 1.165) is 25.1 Å². The van der Waals surface area contributed by atoms with E-state index in [-0.39, 0.29) is 29.7 Å². The van der Waals surface area contributed by atoms with Crippen LogP contribution in [0.3, 0.4) is 0 Å². The zero-order chi connectivity index (χ0) is 21.8. The van der Waals surface area contributed by atoms with Gasteiger partial charge in [-0.2, -0.15) is 0 Å². The van der Waals surface area contributed by atoms with Crippen LogP contribution in [0.15, 0.2) is 44.6 Å². The number of hydrogen-bond donors (Lipinski definition) is 2. The summed E-state index contributed by atoms with van der Waals surface area (Å²) in [6, 6.07) is 6.42. The van der Waals surface area contributed by atoms with Crippen molar-refractivity contribution in [2.24, 2.45) is 5.92 Å². The number of ether oxygens (including phenoxy) is 1. The summed E-state index contributed by atoms with van der Waals surface area (Å²) >= 11 is 0. The minimum absolute atomic E-state index is 0. The Morgan fingerprint density at radius 3 is 2.94 bits per heavy atom. The van der Waals surface area contributed by atoms with E-state index in [1.807, 2.05) is 12.1 Å². The fourth-order valence-corrected chi connectivity index (χ4v) is 5.56. The van der Waals surface area contributed by atoms with Crippen molar-refractivity contribution < 1.29 is 9.15 Å². The van der Waals surface area contributed by atoms with Crippen molar-refractivity contribution in [2.75, 3.05) is 13.7 Å². The molecule has 0 saturated carbocycles. The highest BCUT2D eigenvalue weighted by Crippen LogP contribution is 2.45. The molecule has 1 aliphatic carbocycles. The van der Waals surface area contributed by atoms with Crippen LogP contribution in [-0.2, 0) is 13.0 Å². The Labute approximate surface area is 194 Å². The number of hydrogen-bond acceptors (Lipinski definition) is 7. The van der Waals surface area contributed by atoms with Gasteiger partial charge in [-0.3, -0.25) is 9.36 Å². The lowest BCUT2D eigenvalue weighted by Crippen LogP contribution is -2.37. The summed E-state index contributed by atoms with van der Waals surface area (Å²) in [6.45, 7) is 1.24. The van der Waals surface area contributed by atoms with Gasteiger partial charge < -0.3 is 19.5 Å². The molecule has 172 valence electrons. The fourth-order valence-electron chi connectivity index (χ4n) is 5.56. The summed E-state index contributed by atoms with van der Waals surface area (Å²) in [5.41, 5.74) is 2.69. The standard InChI is InChI=1S/C23H23N5O4.ClH/c1-31-16-4-2-3-14-13(16)6-5-12-11-26-15(17(12)14)7-10-28-22(29)20-18(27-23(28)30)19-21(32-20)25-9-8-24-19;/h2-4,8-9,12,15,17,26H,5-7,10-11H2,1H3,(H,27,30);1H/t12-,15?,17+;/m0./s1. The molecule has 4 aromatic rings. The molecular weight excluding hydrogens is 446 g/mol. The first-order chi connectivity index (χ1) is 15.7. The Morgan fingerprint density at radius 2 is 2.09 bits per heavy atom. The van der Waals surface area contributed by atoms with Crippen LogP contribution < -0.4 is 21.3 Å². The number of halogens is 1. The van der Waals surface area contributed by atoms with Crippen molar-refractivity contribution in [3.63, 3.8) is 0 Å². The molecule has 1 aliphatic heterocycles. The van der Waals surface area contributed by atoms with Gasteiger partial charge in [0, 0.05) is 30.9 Å². The van der Waals surface area contributed by atoms with E-state index >= 15 is 0 Å². The van der Waals surface area contributed by atoms with Gasteiger partial charge in [0.15, 0.2) is 5.52 Å². The van der Waals surface area contributed by atoms with Crippen LogP contribution >= 0.6 is 12.4 Å². The summed E-state index contributed by atoms with van der Waals surface area (Å²) in [7, 11) is 1.71. The largest absolute Gasteiger partial charge is 0.496 e. The quantitative estimate of drug-likeness (QED) is 0.471. The Kier molecular flexibility index (Phi) is 5.46. The minimum atomic E-state index is -0.462. The molecule has 33 heavy (non-hydrogen) atoms. The number of benzene rings is 1. The number of aromatic amines is 1. The predicted octanol–water partition coefficient (Wildman–Crippen LogP) is 2.36. The molecule has 1 aromatic carbocycles. The highest BCUT2D eigenvalue weighted by molar-refractivity contribution is 5.97. The number of methoxy groups -OCH3 is 1. The van der Waals surface area contributed by atoms with Crippen LogP contribution in [-0.4, -0.2) is 39.2 Å². The van der Waals surface area contributed by atoms with Gasteiger partial charge in [-0.1, -0.05) is 12.1 Å². The lowest BCUT2D eigenvalue weighted by atomic mass is 9.73. The van der Waals surface area contributed by atoms with Gasteiger partial charge in [-0.15, -0.1) is 12.4 Å². The maximum absolute atomic E-state index is 13.0. The maximum atomic E-state index is 13.0. The monoisotopic (exact) mass is 469 g/mol. The first-order valence-corrected chi connectivity index (χ1v) is 10.9. The van der Waals surface area contributed by atoms with Crippen LogP contribution in [0.2, 0.25) is 0 Å². The van der Waals surface area contributed by atoms with Gasteiger partial charge in [-0.05, 0) is 48.9 Å². The Morgan fingerprint density at radius 1 is 1.24 bits per heavy atom. The third-order valence-electron chi connectivity index (χ3n) is 7.00. The van der Waals surface area contributed by atoms with Crippen molar-refractivity contribution in [1.29, 1.82) is 0 Å². The Bertz CT molecular complexity index is 1460. The maximum Gasteiger partial charge on any atom is 0.329 e. The number of furan rings is 1. The fraction of sp³-hybridized carbons (Fsp3) is 0.391. The van der Waals surface area contributed by atoms with Crippen molar-refractivity contribution >= 4 is 34.7 Å². The van der Waals surface area contributed by atoms with Crippen molar-refractivity contribution in [3.8, 4) is 5.75 Å². The van der Waals surface area contributed by atoms with Crippen LogP contribution in [0, 0.1) is 5.92 Å². The molecule has 1 fully saturated rings. The second-order valence-electron chi connectivity index (χ2n) is 8.56. The number of rotatable bonds is 4. The van der Waals surface area contributed by atoms with Crippen molar-refractivity contribution in [3.05, 3.63) is 62.6 Å². The number of aromatic nitrogens is 4. The molecule has 9 nitrogen and oxygen atoms in total. The van der Waals surface area contributed by atoms with Gasteiger partial charge in [0.25, 0.3) is 5.56 Å². The molecule has 4 heterocycles. The molecule has 3 aromatic heterocycles. The zero-order valence-electron chi connectivity index (χ0n) is 18.0. The number of nitrogens with one attached hydrogen (secondary N) is 2. The van der Waals surface area contributed by atoms with Gasteiger partial charge >= 0.3 is 5.69 Å². The zero-order valence-corrected chi connectivity index (χ0v) is 18.9. The van der Waals surface area contributed by atoms with E-state index in [4.69, 9.17) is 9.15 Å². The molecule has 10 heteroatoms. The third kappa shape index (κ3) is 3.34. The Balaban J connectivity index is 0.00000228. The van der Waals surface area contributed by atoms with Crippen molar-refractivity contribution in [1.82, 2.24) is 24.8 Å². The van der Waals surface area contributed by atoms with E-state index in [9.17, 15) is 9.59 Å². The topological polar surface area (TPSA) is 115 Å². The molecular formula is C23H24ClN5O4. The van der Waals surface area contributed by atoms with E-state index in [2.05, 4.69) is 26.3 Å². The van der Waals surface area contributed by atoms with E-state index in [1.165, 1.54) is 28.1 Å². The molecule has 1 unspecified atom stereocenters. The minimum Gasteiger partial charge on any atom is -0.496 e. The molecule has 0 radical (unpaired) electrons. The first-order valence-electron chi connectivity index (χ1n) is 10.9. The van der Waals surface area contributed by atoms with E-state index < -0.39 is 11.2 Å². The normalized spacial score (nSPS) is 21.5. The summed E-state index contributed by atoms with van der Waals surface area (Å²) in [5, 5.41) is 3.63. The smallest absolute Gasteiger partial charge is 0.329 e. The lowest BCUT2D eigenvalue weighted by molar-refractivity contribution is 0.370. The molecule has 2 N–H and O–H groups in total. The predicted molar refractivity (Wildman–Crippen MR) is 125 cm³/mol. The highest BCUT2D eigenvalue weighted by Gasteiger charge is 2.40. The average molecular weight is 470 g/mol. The van der Waals surface area contributed by atoms with Crippen molar-refractivity contribution in [2.45, 2.75) is 37.8 Å². The molecule has 1 saturated heterocycles. The first kappa shape index (κ1) is 21.7. The Hall–Kier alpha value is -3.17. The van der Waals surface area contributed by atoms with Crippen LogP contribution in [0.25, 0.3) is 22.3 Å². The molecule has 0 bridgehead atoms. The van der Waals surface area contributed by atoms with Gasteiger partial charge in [-0.25, -0.2) is 14.8 Å². The summed E-state index contributed by atoms with van der Waals surface area (Å²) in [5.74, 6) is 1.83. The third-order valence-corrected chi connectivity index (χ3v) is 7.00. The highest BCUT2D eigenvalue weighted by atomic mass is 35.5. The number of H-pyrrole nitrogens is 1. The van der Waals surface area contributed by atoms with E-state index in [1.54, 1.807) is 7.11 Å². The second-order valence-corrected chi connectivity index (χ2v) is 8.56. The summed E-state index contributed by atoms with van der Waals surface area (Å²) in [6.07, 6.45) is 5.76. The summed E-state index contributed by atoms with van der Waals surface area (Å²) < 4.78 is 12.4. The molecule has 0 amide bonds.